The Morgan fingerprint density at radius 1 is 1.26 bits per heavy atom. The topological polar surface area (TPSA) is 35.0 Å². The Morgan fingerprint density at radius 3 is 2.74 bits per heavy atom. The van der Waals surface area contributed by atoms with Crippen LogP contribution in [-0.2, 0) is 12.8 Å². The summed E-state index contributed by atoms with van der Waals surface area (Å²) in [6.07, 6.45) is 8.14. The predicted molar refractivity (Wildman–Crippen MR) is 93.6 cm³/mol. The molecule has 0 spiro atoms. The van der Waals surface area contributed by atoms with E-state index in [1.165, 1.54) is 30.5 Å². The molecule has 0 amide bonds. The quantitative estimate of drug-likeness (QED) is 0.803. The molecule has 0 N–H and O–H groups in total. The van der Waals surface area contributed by atoms with E-state index in [1.54, 1.807) is 7.11 Å². The number of methoxy groups -OCH3 is 1. The van der Waals surface area contributed by atoms with Crippen molar-refractivity contribution in [2.24, 2.45) is 11.8 Å². The van der Waals surface area contributed by atoms with Crippen molar-refractivity contribution in [2.45, 2.75) is 46.0 Å². The molecule has 1 heterocycles. The van der Waals surface area contributed by atoms with Gasteiger partial charge >= 0.3 is 0 Å². The molecule has 0 fully saturated rings. The number of hydrogen-bond acceptors (Lipinski definition) is 3. The van der Waals surface area contributed by atoms with Gasteiger partial charge in [0.1, 0.15) is 5.75 Å². The number of nitrogens with zero attached hydrogens (tertiary/aromatic N) is 2. The van der Waals surface area contributed by atoms with Gasteiger partial charge in [-0.25, -0.2) is 9.97 Å². The van der Waals surface area contributed by atoms with Crippen molar-refractivity contribution in [1.82, 2.24) is 9.97 Å². The molecule has 0 saturated carbocycles. The molecule has 3 rings (SSSR count). The second kappa shape index (κ2) is 7.12. The van der Waals surface area contributed by atoms with Crippen molar-refractivity contribution in [3.63, 3.8) is 0 Å². The first-order chi connectivity index (χ1) is 11.2. The third kappa shape index (κ3) is 3.72. The van der Waals surface area contributed by atoms with Gasteiger partial charge in [0.15, 0.2) is 5.82 Å². The van der Waals surface area contributed by atoms with Crippen LogP contribution in [0.5, 0.6) is 5.75 Å². The van der Waals surface area contributed by atoms with E-state index in [4.69, 9.17) is 9.72 Å². The highest BCUT2D eigenvalue weighted by atomic mass is 16.5. The van der Waals surface area contributed by atoms with Crippen molar-refractivity contribution in [3.05, 3.63) is 41.7 Å². The number of hydrogen-bond donors (Lipinski definition) is 0. The van der Waals surface area contributed by atoms with Gasteiger partial charge in [-0.2, -0.15) is 0 Å². The van der Waals surface area contributed by atoms with Crippen molar-refractivity contribution in [3.8, 4) is 17.1 Å². The van der Waals surface area contributed by atoms with E-state index in [1.807, 2.05) is 30.5 Å². The molecule has 0 radical (unpaired) electrons. The number of ether oxygens (including phenoxy) is 1. The van der Waals surface area contributed by atoms with Gasteiger partial charge in [0.25, 0.3) is 0 Å². The molecule has 1 aromatic carbocycles. The monoisotopic (exact) mass is 310 g/mol. The zero-order valence-electron chi connectivity index (χ0n) is 14.4. The Hall–Kier alpha value is -1.90. The fourth-order valence-corrected chi connectivity index (χ4v) is 3.40. The minimum Gasteiger partial charge on any atom is -0.497 e. The van der Waals surface area contributed by atoms with E-state index >= 15 is 0 Å². The molecule has 3 nitrogen and oxygen atoms in total. The lowest BCUT2D eigenvalue weighted by atomic mass is 9.81. The smallest absolute Gasteiger partial charge is 0.159 e. The van der Waals surface area contributed by atoms with Crippen molar-refractivity contribution < 1.29 is 4.74 Å². The van der Waals surface area contributed by atoms with E-state index in [0.29, 0.717) is 0 Å². The van der Waals surface area contributed by atoms with E-state index < -0.39 is 0 Å². The van der Waals surface area contributed by atoms with E-state index in [2.05, 4.69) is 18.8 Å². The first kappa shape index (κ1) is 16.0. The molecule has 2 unspecified atom stereocenters. The van der Waals surface area contributed by atoms with Crippen LogP contribution in [0, 0.1) is 11.8 Å². The summed E-state index contributed by atoms with van der Waals surface area (Å²) in [7, 11) is 1.68. The molecule has 2 aromatic rings. The second-order valence-electron chi connectivity index (χ2n) is 6.75. The summed E-state index contributed by atoms with van der Waals surface area (Å²) in [5.41, 5.74) is 3.64. The van der Waals surface area contributed by atoms with Gasteiger partial charge in [-0.3, -0.25) is 0 Å². The number of rotatable bonds is 5. The van der Waals surface area contributed by atoms with Crippen LogP contribution in [0.4, 0.5) is 0 Å². The van der Waals surface area contributed by atoms with Crippen LogP contribution in [0.1, 0.15) is 44.4 Å². The fraction of sp³-hybridized carbons (Fsp3) is 0.500. The van der Waals surface area contributed by atoms with Crippen LogP contribution in [0.15, 0.2) is 30.5 Å². The van der Waals surface area contributed by atoms with E-state index in [9.17, 15) is 0 Å². The minimum absolute atomic E-state index is 0.799. The standard InChI is InChI=1S/C20H26N2O/c1-4-14(2)11-15-5-10-19-17(12-15)13-21-20(22-19)16-6-8-18(23-3)9-7-16/h6-9,13-15H,4-5,10-12H2,1-3H3. The summed E-state index contributed by atoms with van der Waals surface area (Å²) in [4.78, 5) is 9.42. The third-order valence-electron chi connectivity index (χ3n) is 5.03. The first-order valence-corrected chi connectivity index (χ1v) is 8.68. The van der Waals surface area contributed by atoms with Crippen molar-refractivity contribution in [1.29, 1.82) is 0 Å². The maximum atomic E-state index is 5.21. The minimum atomic E-state index is 0.799. The van der Waals surface area contributed by atoms with Crippen LogP contribution in [0.2, 0.25) is 0 Å². The largest absolute Gasteiger partial charge is 0.497 e. The Bertz CT molecular complexity index is 651. The SMILES string of the molecule is CCC(C)CC1CCc2nc(-c3ccc(OC)cc3)ncc2C1. The fourth-order valence-electron chi connectivity index (χ4n) is 3.40. The summed E-state index contributed by atoms with van der Waals surface area (Å²) in [6.45, 7) is 4.64. The van der Waals surface area contributed by atoms with Crippen LogP contribution < -0.4 is 4.74 Å². The Balaban J connectivity index is 1.75. The molecule has 1 aliphatic rings. The molecule has 0 bridgehead atoms. The molecule has 2 atom stereocenters. The third-order valence-corrected chi connectivity index (χ3v) is 5.03. The highest BCUT2D eigenvalue weighted by Crippen LogP contribution is 2.30. The number of aromatic nitrogens is 2. The summed E-state index contributed by atoms with van der Waals surface area (Å²) in [5, 5.41) is 0. The predicted octanol–water partition coefficient (Wildman–Crippen LogP) is 4.69. The lowest BCUT2D eigenvalue weighted by molar-refractivity contribution is 0.346. The van der Waals surface area contributed by atoms with Crippen molar-refractivity contribution in [2.75, 3.05) is 7.11 Å². The van der Waals surface area contributed by atoms with E-state index in [-0.39, 0.29) is 0 Å². The van der Waals surface area contributed by atoms with Crippen LogP contribution in [-0.4, -0.2) is 17.1 Å². The van der Waals surface area contributed by atoms with Gasteiger partial charge in [-0.1, -0.05) is 20.3 Å². The molecule has 0 aliphatic heterocycles. The van der Waals surface area contributed by atoms with Gasteiger partial charge in [-0.15, -0.1) is 0 Å². The van der Waals surface area contributed by atoms with Gasteiger partial charge in [0, 0.05) is 17.5 Å². The normalized spacial score (nSPS) is 18.3. The zero-order valence-corrected chi connectivity index (χ0v) is 14.4. The maximum absolute atomic E-state index is 5.21. The first-order valence-electron chi connectivity index (χ1n) is 8.68. The Kier molecular flexibility index (Phi) is 4.94. The zero-order chi connectivity index (χ0) is 16.2. The molecular weight excluding hydrogens is 284 g/mol. The summed E-state index contributed by atoms with van der Waals surface area (Å²) in [6, 6.07) is 7.96. The molecule has 23 heavy (non-hydrogen) atoms. The molecule has 0 saturated heterocycles. The number of fused-ring (bicyclic) bond motifs is 1. The molecule has 122 valence electrons. The van der Waals surface area contributed by atoms with Crippen LogP contribution >= 0.6 is 0 Å². The Morgan fingerprint density at radius 2 is 2.04 bits per heavy atom. The van der Waals surface area contributed by atoms with Gasteiger partial charge < -0.3 is 4.74 Å². The maximum Gasteiger partial charge on any atom is 0.159 e. The summed E-state index contributed by atoms with van der Waals surface area (Å²) >= 11 is 0. The number of benzene rings is 1. The van der Waals surface area contributed by atoms with Crippen LogP contribution in [0.25, 0.3) is 11.4 Å². The second-order valence-corrected chi connectivity index (χ2v) is 6.75. The highest BCUT2D eigenvalue weighted by molar-refractivity contribution is 5.56. The van der Waals surface area contributed by atoms with Gasteiger partial charge in [-0.05, 0) is 67.3 Å². The highest BCUT2D eigenvalue weighted by Gasteiger charge is 2.22. The molecule has 1 aliphatic carbocycles. The molecule has 1 aromatic heterocycles. The Labute approximate surface area is 139 Å². The molecule has 3 heteroatoms. The summed E-state index contributed by atoms with van der Waals surface area (Å²) < 4.78 is 5.21. The lowest BCUT2D eigenvalue weighted by Gasteiger charge is -2.26. The van der Waals surface area contributed by atoms with Crippen molar-refractivity contribution >= 4 is 0 Å². The van der Waals surface area contributed by atoms with E-state index in [0.717, 1.165) is 41.8 Å². The lowest BCUT2D eigenvalue weighted by Crippen LogP contribution is -2.18. The van der Waals surface area contributed by atoms with Crippen LogP contribution in [0.3, 0.4) is 0 Å². The average molecular weight is 310 g/mol. The average Bonchev–Trinajstić information content (AvgIpc) is 2.61. The van der Waals surface area contributed by atoms with Gasteiger partial charge in [0.05, 0.1) is 7.11 Å². The number of aryl methyl sites for hydroxylation is 1. The molecular formula is C20H26N2O. The van der Waals surface area contributed by atoms with Gasteiger partial charge in [0.2, 0.25) is 0 Å². The summed E-state index contributed by atoms with van der Waals surface area (Å²) in [5.74, 6) is 3.31.